The molecule has 2 aromatic heterocycles. The maximum absolute atomic E-state index is 12.4. The van der Waals surface area contributed by atoms with Crippen LogP contribution in [0.15, 0.2) is 41.8 Å². The molecule has 1 aromatic carbocycles. The number of rotatable bonds is 6. The highest BCUT2D eigenvalue weighted by molar-refractivity contribution is 7.13. The van der Waals surface area contributed by atoms with E-state index in [1.165, 1.54) is 0 Å². The predicted octanol–water partition coefficient (Wildman–Crippen LogP) is 3.35. The van der Waals surface area contributed by atoms with Crippen molar-refractivity contribution in [3.63, 3.8) is 0 Å². The predicted molar refractivity (Wildman–Crippen MR) is 119 cm³/mol. The van der Waals surface area contributed by atoms with Crippen LogP contribution in [0.5, 0.6) is 0 Å². The lowest BCUT2D eigenvalue weighted by Gasteiger charge is -2.36. The molecule has 1 fully saturated rings. The molecule has 0 radical (unpaired) electrons. The van der Waals surface area contributed by atoms with E-state index in [1.54, 1.807) is 11.3 Å². The summed E-state index contributed by atoms with van der Waals surface area (Å²) in [5.41, 5.74) is 0.972. The number of amides is 1. The summed E-state index contributed by atoms with van der Waals surface area (Å²) < 4.78 is 0. The summed E-state index contributed by atoms with van der Waals surface area (Å²) >= 11 is 1.66. The number of hydrogen-bond acceptors (Lipinski definition) is 6. The largest absolute Gasteiger partial charge is 0.353 e. The van der Waals surface area contributed by atoms with E-state index in [0.29, 0.717) is 6.54 Å². The van der Waals surface area contributed by atoms with E-state index in [2.05, 4.69) is 33.4 Å². The van der Waals surface area contributed by atoms with Gasteiger partial charge in [0.15, 0.2) is 5.82 Å². The number of para-hydroxylation sites is 1. The molecule has 1 aliphatic rings. The Morgan fingerprint density at radius 1 is 1.03 bits per heavy atom. The average molecular weight is 410 g/mol. The van der Waals surface area contributed by atoms with Gasteiger partial charge in [-0.1, -0.05) is 18.2 Å². The van der Waals surface area contributed by atoms with Crippen molar-refractivity contribution >= 4 is 34.0 Å². The van der Waals surface area contributed by atoms with Crippen LogP contribution in [-0.2, 0) is 4.79 Å². The fraction of sp³-hybridized carbons (Fsp3) is 0.409. The fourth-order valence-electron chi connectivity index (χ4n) is 3.80. The number of likely N-dealkylation sites (N-methyl/N-ethyl adjacent to an activating group) is 1. The Labute approximate surface area is 175 Å². The second-order valence-electron chi connectivity index (χ2n) is 7.19. The number of aromatic nitrogens is 2. The van der Waals surface area contributed by atoms with Crippen LogP contribution >= 0.6 is 11.3 Å². The molecule has 0 N–H and O–H groups in total. The van der Waals surface area contributed by atoms with Gasteiger partial charge in [-0.05, 0) is 37.4 Å². The minimum atomic E-state index is 0.218. The third-order valence-corrected chi connectivity index (χ3v) is 6.34. The number of carbonyl (C=O) groups is 1. The van der Waals surface area contributed by atoms with Crippen molar-refractivity contribution in [3.05, 3.63) is 41.8 Å². The molecule has 1 amide bonds. The summed E-state index contributed by atoms with van der Waals surface area (Å²) in [6, 6.07) is 12.3. The third kappa shape index (κ3) is 4.26. The topological polar surface area (TPSA) is 52.6 Å². The summed E-state index contributed by atoms with van der Waals surface area (Å²) in [6.07, 6.45) is 0. The highest BCUT2D eigenvalue weighted by Crippen LogP contribution is 2.30. The molecule has 6 nitrogen and oxygen atoms in total. The van der Waals surface area contributed by atoms with Crippen molar-refractivity contribution in [3.8, 4) is 10.7 Å². The van der Waals surface area contributed by atoms with E-state index in [1.807, 2.05) is 36.9 Å². The zero-order valence-electron chi connectivity index (χ0n) is 17.0. The van der Waals surface area contributed by atoms with Crippen molar-refractivity contribution in [2.24, 2.45) is 0 Å². The summed E-state index contributed by atoms with van der Waals surface area (Å²) in [5, 5.41) is 3.14. The van der Waals surface area contributed by atoms with Gasteiger partial charge in [0.1, 0.15) is 5.82 Å². The summed E-state index contributed by atoms with van der Waals surface area (Å²) in [4.78, 5) is 29.7. The lowest BCUT2D eigenvalue weighted by molar-refractivity contribution is -0.132. The first-order valence-electron chi connectivity index (χ1n) is 10.2. The molecule has 29 heavy (non-hydrogen) atoms. The van der Waals surface area contributed by atoms with Crippen LogP contribution in [0.1, 0.15) is 13.8 Å². The van der Waals surface area contributed by atoms with E-state index < -0.39 is 0 Å². The molecule has 0 spiro atoms. The van der Waals surface area contributed by atoms with Crippen molar-refractivity contribution in [2.75, 3.05) is 50.7 Å². The molecule has 152 valence electrons. The van der Waals surface area contributed by atoms with Gasteiger partial charge in [0, 0.05) is 44.7 Å². The Hall–Kier alpha value is -2.51. The second kappa shape index (κ2) is 8.88. The maximum Gasteiger partial charge on any atom is 0.236 e. The fourth-order valence-corrected chi connectivity index (χ4v) is 4.46. The number of nitrogens with zero attached hydrogens (tertiary/aromatic N) is 5. The minimum Gasteiger partial charge on any atom is -0.353 e. The molecule has 0 saturated carbocycles. The van der Waals surface area contributed by atoms with Gasteiger partial charge in [-0.15, -0.1) is 11.3 Å². The van der Waals surface area contributed by atoms with Crippen molar-refractivity contribution in [1.29, 1.82) is 0 Å². The molecule has 0 aliphatic carbocycles. The summed E-state index contributed by atoms with van der Waals surface area (Å²) in [5.74, 6) is 2.00. The molecular weight excluding hydrogens is 382 g/mol. The van der Waals surface area contributed by atoms with Crippen LogP contribution < -0.4 is 4.90 Å². The van der Waals surface area contributed by atoms with Gasteiger partial charge in [0.2, 0.25) is 5.91 Å². The Kier molecular flexibility index (Phi) is 6.06. The Morgan fingerprint density at radius 2 is 1.79 bits per heavy atom. The quantitative estimate of drug-likeness (QED) is 0.625. The first kappa shape index (κ1) is 19.8. The van der Waals surface area contributed by atoms with Crippen molar-refractivity contribution in [2.45, 2.75) is 13.8 Å². The Bertz CT molecular complexity index is 963. The van der Waals surface area contributed by atoms with Crippen molar-refractivity contribution < 1.29 is 4.79 Å². The third-order valence-electron chi connectivity index (χ3n) is 5.47. The van der Waals surface area contributed by atoms with E-state index in [-0.39, 0.29) is 5.91 Å². The van der Waals surface area contributed by atoms with E-state index in [4.69, 9.17) is 9.97 Å². The first-order valence-corrected chi connectivity index (χ1v) is 11.1. The average Bonchev–Trinajstić information content (AvgIpc) is 3.29. The molecular formula is C22H27N5OS. The summed E-state index contributed by atoms with van der Waals surface area (Å²) in [6.45, 7) is 9.55. The van der Waals surface area contributed by atoms with E-state index in [9.17, 15) is 4.79 Å². The van der Waals surface area contributed by atoms with Gasteiger partial charge in [0.25, 0.3) is 0 Å². The molecule has 1 saturated heterocycles. The minimum absolute atomic E-state index is 0.218. The van der Waals surface area contributed by atoms with Gasteiger partial charge in [-0.3, -0.25) is 9.69 Å². The molecule has 7 heteroatoms. The highest BCUT2D eigenvalue weighted by Gasteiger charge is 2.23. The molecule has 1 aliphatic heterocycles. The van der Waals surface area contributed by atoms with Crippen LogP contribution in [0.2, 0.25) is 0 Å². The highest BCUT2D eigenvalue weighted by atomic mass is 32.1. The van der Waals surface area contributed by atoms with E-state index >= 15 is 0 Å². The number of benzene rings is 1. The number of anilines is 1. The van der Waals surface area contributed by atoms with Gasteiger partial charge in [-0.25, -0.2) is 9.97 Å². The number of fused-ring (bicyclic) bond motifs is 1. The molecule has 4 rings (SSSR count). The van der Waals surface area contributed by atoms with Crippen LogP contribution in [0.25, 0.3) is 21.6 Å². The normalized spacial score (nSPS) is 15.0. The number of thiophene rings is 1. The molecule has 0 atom stereocenters. The maximum atomic E-state index is 12.4. The van der Waals surface area contributed by atoms with Gasteiger partial charge >= 0.3 is 0 Å². The first-order chi connectivity index (χ1) is 14.2. The lowest BCUT2D eigenvalue weighted by Crippen LogP contribution is -2.50. The van der Waals surface area contributed by atoms with Crippen LogP contribution in [-0.4, -0.2) is 71.5 Å². The number of carbonyl (C=O) groups excluding carboxylic acids is 1. The smallest absolute Gasteiger partial charge is 0.236 e. The standard InChI is InChI=1S/C22H27N5OS/c1-3-26(4-2)20(28)16-25-11-13-27(14-12-25)22-17-8-5-6-9-18(17)23-21(24-22)19-10-7-15-29-19/h5-10,15H,3-4,11-14,16H2,1-2H3. The summed E-state index contributed by atoms with van der Waals surface area (Å²) in [7, 11) is 0. The van der Waals surface area contributed by atoms with Crippen LogP contribution in [0.3, 0.4) is 0 Å². The Balaban J connectivity index is 1.53. The van der Waals surface area contributed by atoms with Gasteiger partial charge in [0.05, 0.1) is 16.9 Å². The van der Waals surface area contributed by atoms with Crippen LogP contribution in [0.4, 0.5) is 5.82 Å². The number of hydrogen-bond donors (Lipinski definition) is 0. The molecule has 0 bridgehead atoms. The van der Waals surface area contributed by atoms with Crippen molar-refractivity contribution in [1.82, 2.24) is 19.8 Å². The monoisotopic (exact) mass is 409 g/mol. The van der Waals surface area contributed by atoms with Crippen LogP contribution in [0, 0.1) is 0 Å². The van der Waals surface area contributed by atoms with Gasteiger partial charge in [-0.2, -0.15) is 0 Å². The van der Waals surface area contributed by atoms with E-state index in [0.717, 1.165) is 66.7 Å². The molecule has 3 heterocycles. The SMILES string of the molecule is CCN(CC)C(=O)CN1CCN(c2nc(-c3cccs3)nc3ccccc23)CC1. The zero-order chi connectivity index (χ0) is 20.2. The lowest BCUT2D eigenvalue weighted by atomic mass is 10.2. The Morgan fingerprint density at radius 3 is 2.48 bits per heavy atom. The second-order valence-corrected chi connectivity index (χ2v) is 8.14. The molecule has 0 unspecified atom stereocenters. The van der Waals surface area contributed by atoms with Gasteiger partial charge < -0.3 is 9.80 Å². The number of piperazine rings is 1. The zero-order valence-corrected chi connectivity index (χ0v) is 17.9. The molecule has 3 aromatic rings.